The first kappa shape index (κ1) is 19.5. The molecule has 2 aromatic carbocycles. The fraction of sp³-hybridized carbons (Fsp3) is 0.263. The maximum Gasteiger partial charge on any atom is 0.236 e. The van der Waals surface area contributed by atoms with E-state index in [1.165, 1.54) is 9.71 Å². The zero-order valence-corrected chi connectivity index (χ0v) is 16.3. The van der Waals surface area contributed by atoms with E-state index in [-0.39, 0.29) is 0 Å². The van der Waals surface area contributed by atoms with Crippen molar-refractivity contribution in [1.29, 1.82) is 0 Å². The second-order valence-electron chi connectivity index (χ2n) is 5.89. The van der Waals surface area contributed by atoms with Gasteiger partial charge in [0, 0.05) is 43.3 Å². The molecular formula is C19H23ClN2O2S. The summed E-state index contributed by atoms with van der Waals surface area (Å²) in [6, 6.07) is 14.9. The number of sulfonamides is 1. The topological polar surface area (TPSA) is 40.6 Å². The van der Waals surface area contributed by atoms with Gasteiger partial charge in [0.05, 0.1) is 0 Å². The molecule has 6 heteroatoms. The molecule has 0 radical (unpaired) electrons. The van der Waals surface area contributed by atoms with Crippen LogP contribution >= 0.6 is 11.6 Å². The number of benzene rings is 2. The van der Waals surface area contributed by atoms with Gasteiger partial charge in [0.2, 0.25) is 10.0 Å². The smallest absolute Gasteiger partial charge is 0.236 e. The van der Waals surface area contributed by atoms with Gasteiger partial charge in [0.1, 0.15) is 0 Å². The van der Waals surface area contributed by atoms with Crippen molar-refractivity contribution in [2.75, 3.05) is 25.5 Å². The lowest BCUT2D eigenvalue weighted by Crippen LogP contribution is -2.28. The number of anilines is 1. The van der Waals surface area contributed by atoms with Crippen molar-refractivity contribution in [2.45, 2.75) is 13.5 Å². The van der Waals surface area contributed by atoms with E-state index in [0.717, 1.165) is 16.8 Å². The van der Waals surface area contributed by atoms with Gasteiger partial charge in [-0.15, -0.1) is 0 Å². The molecule has 0 aliphatic carbocycles. The van der Waals surface area contributed by atoms with Gasteiger partial charge in [-0.2, -0.15) is 4.31 Å². The van der Waals surface area contributed by atoms with E-state index in [1.807, 2.05) is 50.2 Å². The Morgan fingerprint density at radius 1 is 1.00 bits per heavy atom. The van der Waals surface area contributed by atoms with E-state index in [0.29, 0.717) is 18.1 Å². The molecule has 0 fully saturated rings. The maximum atomic E-state index is 12.6. The van der Waals surface area contributed by atoms with Crippen molar-refractivity contribution in [3.63, 3.8) is 0 Å². The van der Waals surface area contributed by atoms with Crippen LogP contribution in [-0.4, -0.2) is 33.4 Å². The number of rotatable bonds is 7. The van der Waals surface area contributed by atoms with Crippen LogP contribution in [0.4, 0.5) is 5.69 Å². The summed E-state index contributed by atoms with van der Waals surface area (Å²) in [6.45, 7) is 2.59. The Morgan fingerprint density at radius 2 is 1.60 bits per heavy atom. The molecule has 0 saturated heterocycles. The van der Waals surface area contributed by atoms with Gasteiger partial charge in [-0.1, -0.05) is 42.8 Å². The Bertz CT molecular complexity index is 814. The molecule has 0 bridgehead atoms. The van der Waals surface area contributed by atoms with E-state index >= 15 is 0 Å². The lowest BCUT2D eigenvalue weighted by atomic mass is 10.2. The molecule has 0 aromatic heterocycles. The van der Waals surface area contributed by atoms with Crippen LogP contribution in [0.15, 0.2) is 53.9 Å². The zero-order valence-electron chi connectivity index (χ0n) is 14.7. The molecule has 0 aliphatic heterocycles. The first-order chi connectivity index (χ1) is 11.8. The predicted octanol–water partition coefficient (Wildman–Crippen LogP) is 4.23. The van der Waals surface area contributed by atoms with Crippen LogP contribution in [-0.2, 0) is 16.6 Å². The minimum atomic E-state index is -3.50. The summed E-state index contributed by atoms with van der Waals surface area (Å²) in [4.78, 5) is 2.01. The third-order valence-corrected chi connectivity index (χ3v) is 5.67. The molecule has 0 saturated carbocycles. The van der Waals surface area contributed by atoms with Crippen molar-refractivity contribution in [3.8, 4) is 0 Å². The van der Waals surface area contributed by atoms with Crippen molar-refractivity contribution < 1.29 is 8.42 Å². The van der Waals surface area contributed by atoms with E-state index in [1.54, 1.807) is 30.3 Å². The summed E-state index contributed by atoms with van der Waals surface area (Å²) < 4.78 is 26.6. The van der Waals surface area contributed by atoms with Crippen LogP contribution in [0.2, 0.25) is 5.02 Å². The van der Waals surface area contributed by atoms with Crippen molar-refractivity contribution in [1.82, 2.24) is 4.31 Å². The molecule has 25 heavy (non-hydrogen) atoms. The van der Waals surface area contributed by atoms with Gasteiger partial charge in [-0.05, 0) is 41.5 Å². The average Bonchev–Trinajstić information content (AvgIpc) is 2.59. The molecule has 0 spiro atoms. The van der Waals surface area contributed by atoms with Crippen LogP contribution in [0.25, 0.3) is 6.08 Å². The highest BCUT2D eigenvalue weighted by Crippen LogP contribution is 2.17. The Balaban J connectivity index is 2.13. The molecule has 0 N–H and O–H groups in total. The van der Waals surface area contributed by atoms with Gasteiger partial charge in [-0.3, -0.25) is 0 Å². The molecule has 0 heterocycles. The lowest BCUT2D eigenvalue weighted by Gasteiger charge is -2.19. The highest BCUT2D eigenvalue weighted by molar-refractivity contribution is 7.92. The number of hydrogen-bond acceptors (Lipinski definition) is 3. The second kappa shape index (κ2) is 8.52. The Hall–Kier alpha value is -1.82. The summed E-state index contributed by atoms with van der Waals surface area (Å²) in [5.74, 6) is 0. The number of halogens is 1. The SMILES string of the molecule is CCN(Cc1ccc(N(C)C)cc1)S(=O)(=O)/C=C/c1ccc(Cl)cc1. The standard InChI is InChI=1S/C19H23ClN2O2S/c1-4-22(15-17-7-11-19(12-8-17)21(2)3)25(23,24)14-13-16-5-9-18(20)10-6-16/h5-14H,4,15H2,1-3H3/b14-13+. The molecule has 0 aliphatic rings. The summed E-state index contributed by atoms with van der Waals surface area (Å²) in [6.07, 6.45) is 1.59. The maximum absolute atomic E-state index is 12.6. The fourth-order valence-electron chi connectivity index (χ4n) is 2.31. The monoisotopic (exact) mass is 378 g/mol. The fourth-order valence-corrected chi connectivity index (χ4v) is 3.63. The van der Waals surface area contributed by atoms with E-state index in [2.05, 4.69) is 0 Å². The predicted molar refractivity (Wildman–Crippen MR) is 106 cm³/mol. The third kappa shape index (κ3) is 5.59. The summed E-state index contributed by atoms with van der Waals surface area (Å²) in [5, 5.41) is 1.87. The number of hydrogen-bond donors (Lipinski definition) is 0. The Labute approximate surface area is 155 Å². The number of nitrogens with zero attached hydrogens (tertiary/aromatic N) is 2. The molecule has 4 nitrogen and oxygen atoms in total. The summed E-state index contributed by atoms with van der Waals surface area (Å²) in [5.41, 5.74) is 2.83. The highest BCUT2D eigenvalue weighted by atomic mass is 35.5. The third-order valence-electron chi connectivity index (χ3n) is 3.83. The molecule has 2 rings (SSSR count). The zero-order chi connectivity index (χ0) is 18.4. The van der Waals surface area contributed by atoms with Crippen LogP contribution < -0.4 is 4.90 Å². The Kier molecular flexibility index (Phi) is 6.64. The second-order valence-corrected chi connectivity index (χ2v) is 8.14. The van der Waals surface area contributed by atoms with Gasteiger partial charge < -0.3 is 4.90 Å². The van der Waals surface area contributed by atoms with E-state index in [9.17, 15) is 8.42 Å². The van der Waals surface area contributed by atoms with Crippen molar-refractivity contribution in [3.05, 3.63) is 70.1 Å². The summed E-state index contributed by atoms with van der Waals surface area (Å²) in [7, 11) is 0.447. The first-order valence-corrected chi connectivity index (χ1v) is 9.90. The largest absolute Gasteiger partial charge is 0.378 e. The van der Waals surface area contributed by atoms with E-state index < -0.39 is 10.0 Å². The Morgan fingerprint density at radius 3 is 2.12 bits per heavy atom. The van der Waals surface area contributed by atoms with Crippen molar-refractivity contribution in [2.24, 2.45) is 0 Å². The molecule has 2 aromatic rings. The molecule has 0 amide bonds. The van der Waals surface area contributed by atoms with Crippen LogP contribution in [0.1, 0.15) is 18.1 Å². The first-order valence-electron chi connectivity index (χ1n) is 8.02. The quantitative estimate of drug-likeness (QED) is 0.723. The average molecular weight is 379 g/mol. The van der Waals surface area contributed by atoms with Gasteiger partial charge >= 0.3 is 0 Å². The minimum absolute atomic E-state index is 0.345. The van der Waals surface area contributed by atoms with Gasteiger partial charge in [-0.25, -0.2) is 8.42 Å². The normalized spacial score (nSPS) is 12.0. The minimum Gasteiger partial charge on any atom is -0.378 e. The molecular weight excluding hydrogens is 356 g/mol. The van der Waals surface area contributed by atoms with Gasteiger partial charge in [0.15, 0.2) is 0 Å². The van der Waals surface area contributed by atoms with Crippen LogP contribution in [0, 0.1) is 0 Å². The van der Waals surface area contributed by atoms with Crippen molar-refractivity contribution >= 4 is 33.4 Å². The molecule has 0 atom stereocenters. The summed E-state index contributed by atoms with van der Waals surface area (Å²) >= 11 is 5.84. The van der Waals surface area contributed by atoms with Crippen LogP contribution in [0.5, 0.6) is 0 Å². The van der Waals surface area contributed by atoms with Crippen LogP contribution in [0.3, 0.4) is 0 Å². The van der Waals surface area contributed by atoms with E-state index in [4.69, 9.17) is 11.6 Å². The lowest BCUT2D eigenvalue weighted by molar-refractivity contribution is 0.430. The van der Waals surface area contributed by atoms with Gasteiger partial charge in [0.25, 0.3) is 0 Å². The molecule has 0 unspecified atom stereocenters. The highest BCUT2D eigenvalue weighted by Gasteiger charge is 2.17. The molecule has 134 valence electrons.